The van der Waals surface area contributed by atoms with Gasteiger partial charge in [-0.2, -0.15) is 0 Å². The van der Waals surface area contributed by atoms with Crippen LogP contribution < -0.4 is 19.5 Å². The van der Waals surface area contributed by atoms with E-state index in [0.717, 1.165) is 0 Å². The van der Waals surface area contributed by atoms with Crippen LogP contribution in [0, 0.1) is 0 Å². The molecule has 0 bridgehead atoms. The minimum absolute atomic E-state index is 0.0804. The molecular formula is C12H13N5O4. The predicted molar refractivity (Wildman–Crippen MR) is 68.9 cm³/mol. The molecule has 0 spiro atoms. The molecule has 0 unspecified atom stereocenters. The molecule has 1 aliphatic heterocycles. The summed E-state index contributed by atoms with van der Waals surface area (Å²) >= 11 is 0. The fourth-order valence-corrected chi connectivity index (χ4v) is 1.78. The van der Waals surface area contributed by atoms with E-state index in [-0.39, 0.29) is 19.2 Å². The maximum Gasteiger partial charge on any atom is 0.241 e. The maximum atomic E-state index is 11.6. The number of nitrogens with one attached hydrogen (secondary N) is 1. The van der Waals surface area contributed by atoms with Gasteiger partial charge in [0.2, 0.25) is 12.7 Å². The maximum absolute atomic E-state index is 11.6. The summed E-state index contributed by atoms with van der Waals surface area (Å²) in [5, 5.41) is 13.2. The van der Waals surface area contributed by atoms with Crippen molar-refractivity contribution in [2.24, 2.45) is 0 Å². The number of tetrazole rings is 1. The van der Waals surface area contributed by atoms with Gasteiger partial charge in [-0.1, -0.05) is 0 Å². The van der Waals surface area contributed by atoms with Crippen LogP contribution in [0.25, 0.3) is 0 Å². The summed E-state index contributed by atoms with van der Waals surface area (Å²) in [6.45, 7) is 1.04. The number of aromatic nitrogens is 4. The minimum atomic E-state index is -0.184. The van der Waals surface area contributed by atoms with Crippen molar-refractivity contribution in [3.63, 3.8) is 0 Å². The number of amides is 1. The molecule has 21 heavy (non-hydrogen) atoms. The van der Waals surface area contributed by atoms with Crippen molar-refractivity contribution < 1.29 is 19.0 Å². The average molecular weight is 291 g/mol. The van der Waals surface area contributed by atoms with Crippen LogP contribution in [0.3, 0.4) is 0 Å². The van der Waals surface area contributed by atoms with E-state index in [9.17, 15) is 4.79 Å². The Hall–Kier alpha value is -2.84. The van der Waals surface area contributed by atoms with E-state index in [0.29, 0.717) is 30.4 Å². The number of ether oxygens (including phenoxy) is 3. The van der Waals surface area contributed by atoms with E-state index < -0.39 is 0 Å². The van der Waals surface area contributed by atoms with Gasteiger partial charge in [0.15, 0.2) is 11.5 Å². The van der Waals surface area contributed by atoms with Crippen LogP contribution in [0.4, 0.5) is 0 Å². The van der Waals surface area contributed by atoms with Crippen molar-refractivity contribution in [1.82, 2.24) is 25.5 Å². The van der Waals surface area contributed by atoms with Crippen LogP contribution in [-0.2, 0) is 11.3 Å². The molecule has 1 aliphatic rings. The van der Waals surface area contributed by atoms with Gasteiger partial charge in [-0.15, -0.1) is 5.10 Å². The first-order valence-corrected chi connectivity index (χ1v) is 6.31. The van der Waals surface area contributed by atoms with Crippen molar-refractivity contribution in [2.45, 2.75) is 6.54 Å². The van der Waals surface area contributed by atoms with Crippen LogP contribution in [0.1, 0.15) is 0 Å². The van der Waals surface area contributed by atoms with Gasteiger partial charge in [-0.25, -0.2) is 4.68 Å². The quantitative estimate of drug-likeness (QED) is 0.722. The highest BCUT2D eigenvalue weighted by molar-refractivity contribution is 5.75. The van der Waals surface area contributed by atoms with Gasteiger partial charge in [0.05, 0.1) is 6.54 Å². The summed E-state index contributed by atoms with van der Waals surface area (Å²) in [4.78, 5) is 11.6. The predicted octanol–water partition coefficient (Wildman–Crippen LogP) is -0.403. The normalized spacial score (nSPS) is 12.2. The number of nitrogens with zero attached hydrogens (tertiary/aromatic N) is 4. The topological polar surface area (TPSA) is 100 Å². The van der Waals surface area contributed by atoms with Gasteiger partial charge in [-0.3, -0.25) is 4.79 Å². The second-order valence-electron chi connectivity index (χ2n) is 4.22. The summed E-state index contributed by atoms with van der Waals surface area (Å²) in [7, 11) is 0. The van der Waals surface area contributed by atoms with Crippen LogP contribution in [0.2, 0.25) is 0 Å². The largest absolute Gasteiger partial charge is 0.492 e. The van der Waals surface area contributed by atoms with Gasteiger partial charge in [0.25, 0.3) is 0 Å². The van der Waals surface area contributed by atoms with Crippen molar-refractivity contribution in [3.8, 4) is 17.2 Å². The van der Waals surface area contributed by atoms with Crippen LogP contribution in [0.5, 0.6) is 17.2 Å². The second-order valence-corrected chi connectivity index (χ2v) is 4.22. The molecule has 9 heteroatoms. The van der Waals surface area contributed by atoms with Crippen LogP contribution in [0.15, 0.2) is 24.5 Å². The fourth-order valence-electron chi connectivity index (χ4n) is 1.78. The number of rotatable bonds is 6. The molecule has 1 aromatic carbocycles. The zero-order valence-corrected chi connectivity index (χ0v) is 11.1. The Balaban J connectivity index is 1.39. The molecule has 0 aliphatic carbocycles. The molecule has 1 N–H and O–H groups in total. The lowest BCUT2D eigenvalue weighted by Crippen LogP contribution is -2.31. The summed E-state index contributed by atoms with van der Waals surface area (Å²) in [6, 6.07) is 5.33. The first kappa shape index (κ1) is 13.2. The van der Waals surface area contributed by atoms with Gasteiger partial charge >= 0.3 is 0 Å². The molecule has 1 amide bonds. The number of carbonyl (C=O) groups is 1. The molecule has 0 fully saturated rings. The number of benzene rings is 1. The van der Waals surface area contributed by atoms with Crippen molar-refractivity contribution in [2.75, 3.05) is 19.9 Å². The van der Waals surface area contributed by atoms with E-state index in [4.69, 9.17) is 14.2 Å². The van der Waals surface area contributed by atoms with Crippen molar-refractivity contribution in [3.05, 3.63) is 24.5 Å². The van der Waals surface area contributed by atoms with E-state index >= 15 is 0 Å². The number of carbonyl (C=O) groups excluding carboxylic acids is 1. The molecule has 2 aromatic rings. The third-order valence-corrected chi connectivity index (χ3v) is 2.73. The average Bonchev–Trinajstić information content (AvgIpc) is 3.14. The van der Waals surface area contributed by atoms with Crippen LogP contribution in [-0.4, -0.2) is 46.1 Å². The number of fused-ring (bicyclic) bond motifs is 1. The van der Waals surface area contributed by atoms with Gasteiger partial charge in [0.1, 0.15) is 25.2 Å². The van der Waals surface area contributed by atoms with E-state index in [1.54, 1.807) is 18.2 Å². The Morgan fingerprint density at radius 3 is 3.14 bits per heavy atom. The zero-order valence-electron chi connectivity index (χ0n) is 11.1. The third-order valence-electron chi connectivity index (χ3n) is 2.73. The lowest BCUT2D eigenvalue weighted by atomic mass is 10.3. The van der Waals surface area contributed by atoms with E-state index in [2.05, 4.69) is 20.8 Å². The molecule has 0 atom stereocenters. The lowest BCUT2D eigenvalue weighted by molar-refractivity contribution is -0.121. The Kier molecular flexibility index (Phi) is 3.81. The lowest BCUT2D eigenvalue weighted by Gasteiger charge is -2.08. The standard InChI is InChI=1S/C12H13N5O4/c18-12(6-17-7-14-15-16-17)13-3-4-19-9-1-2-10-11(5-9)21-8-20-10/h1-2,5,7H,3-4,6,8H2,(H,13,18). The smallest absolute Gasteiger partial charge is 0.241 e. The minimum Gasteiger partial charge on any atom is -0.492 e. The fraction of sp³-hybridized carbons (Fsp3) is 0.333. The second kappa shape index (κ2) is 6.07. The Morgan fingerprint density at radius 2 is 2.29 bits per heavy atom. The molecule has 0 saturated carbocycles. The molecule has 110 valence electrons. The van der Waals surface area contributed by atoms with Crippen LogP contribution >= 0.6 is 0 Å². The number of hydrogen-bond acceptors (Lipinski definition) is 7. The Morgan fingerprint density at radius 1 is 1.38 bits per heavy atom. The monoisotopic (exact) mass is 291 g/mol. The highest BCUT2D eigenvalue weighted by Crippen LogP contribution is 2.34. The first-order chi connectivity index (χ1) is 10.3. The Labute approximate surface area is 119 Å². The highest BCUT2D eigenvalue weighted by Gasteiger charge is 2.13. The molecule has 9 nitrogen and oxygen atoms in total. The summed E-state index contributed by atoms with van der Waals surface area (Å²) < 4.78 is 17.3. The molecule has 0 radical (unpaired) electrons. The molecular weight excluding hydrogens is 278 g/mol. The Bertz CT molecular complexity index is 616. The third kappa shape index (κ3) is 3.38. The van der Waals surface area contributed by atoms with Crippen molar-refractivity contribution >= 4 is 5.91 Å². The summed E-state index contributed by atoms with van der Waals surface area (Å²) in [5.41, 5.74) is 0. The van der Waals surface area contributed by atoms with Gasteiger partial charge < -0.3 is 19.5 Å². The zero-order chi connectivity index (χ0) is 14.5. The van der Waals surface area contributed by atoms with E-state index in [1.807, 2.05) is 0 Å². The van der Waals surface area contributed by atoms with Gasteiger partial charge in [-0.05, 0) is 22.6 Å². The molecule has 2 heterocycles. The van der Waals surface area contributed by atoms with E-state index in [1.165, 1.54) is 11.0 Å². The van der Waals surface area contributed by atoms with Gasteiger partial charge in [0, 0.05) is 6.07 Å². The molecule has 3 rings (SSSR count). The summed E-state index contributed by atoms with van der Waals surface area (Å²) in [6.07, 6.45) is 1.38. The first-order valence-electron chi connectivity index (χ1n) is 6.31. The highest BCUT2D eigenvalue weighted by atomic mass is 16.7. The SMILES string of the molecule is O=C(Cn1cnnn1)NCCOc1ccc2c(c1)OCO2. The number of hydrogen-bond donors (Lipinski definition) is 1. The summed E-state index contributed by atoms with van der Waals surface area (Å²) in [5.74, 6) is 1.85. The molecule has 0 saturated heterocycles. The molecule has 1 aromatic heterocycles. The van der Waals surface area contributed by atoms with Crippen molar-refractivity contribution in [1.29, 1.82) is 0 Å².